The molecule has 0 radical (unpaired) electrons. The van der Waals surface area contributed by atoms with Crippen LogP contribution in [0.15, 0.2) is 47.4 Å². The van der Waals surface area contributed by atoms with E-state index in [0.29, 0.717) is 22.0 Å². The van der Waals surface area contributed by atoms with Crippen LogP contribution in [0.5, 0.6) is 5.75 Å². The average Bonchev–Trinajstić information content (AvgIpc) is 2.39. The summed E-state index contributed by atoms with van der Waals surface area (Å²) in [6.45, 7) is -2.83. The molecule has 106 valence electrons. The van der Waals surface area contributed by atoms with Crippen molar-refractivity contribution in [2.45, 2.75) is 17.3 Å². The lowest BCUT2D eigenvalue weighted by Gasteiger charge is -2.11. The number of hydrogen-bond acceptors (Lipinski definition) is 3. The summed E-state index contributed by atoms with van der Waals surface area (Å²) in [6.07, 6.45) is 0. The highest BCUT2D eigenvalue weighted by molar-refractivity contribution is 7.98. The molecule has 0 aliphatic heterocycles. The summed E-state index contributed by atoms with van der Waals surface area (Å²) in [5.41, 5.74) is 7.10. The Bertz CT molecular complexity index is 595. The molecule has 0 atom stereocenters. The largest absolute Gasteiger partial charge is 0.435 e. The predicted molar refractivity (Wildman–Crippen MR) is 78.5 cm³/mol. The number of hydrogen-bond donors (Lipinski definition) is 1. The topological polar surface area (TPSA) is 35.2 Å². The fourth-order valence-corrected chi connectivity index (χ4v) is 2.76. The number of anilines is 1. The molecule has 0 spiro atoms. The first-order chi connectivity index (χ1) is 9.56. The minimum atomic E-state index is -2.83. The van der Waals surface area contributed by atoms with Crippen LogP contribution in [-0.4, -0.2) is 6.61 Å². The maximum Gasteiger partial charge on any atom is 0.387 e. The summed E-state index contributed by atoms with van der Waals surface area (Å²) in [7, 11) is 0. The molecule has 0 heterocycles. The van der Waals surface area contributed by atoms with E-state index in [1.807, 2.05) is 0 Å². The van der Waals surface area contributed by atoms with E-state index in [0.717, 1.165) is 4.90 Å². The third kappa shape index (κ3) is 4.02. The minimum absolute atomic E-state index is 0.183. The van der Waals surface area contributed by atoms with Crippen molar-refractivity contribution in [2.24, 2.45) is 0 Å². The number of para-hydroxylation sites is 1. The van der Waals surface area contributed by atoms with E-state index in [4.69, 9.17) is 17.3 Å². The maximum absolute atomic E-state index is 12.3. The van der Waals surface area contributed by atoms with E-state index in [1.165, 1.54) is 17.8 Å². The van der Waals surface area contributed by atoms with Crippen molar-refractivity contribution < 1.29 is 13.5 Å². The van der Waals surface area contributed by atoms with Crippen LogP contribution in [0.3, 0.4) is 0 Å². The van der Waals surface area contributed by atoms with E-state index in [2.05, 4.69) is 4.74 Å². The molecule has 2 aromatic carbocycles. The summed E-state index contributed by atoms with van der Waals surface area (Å²) >= 11 is 7.27. The van der Waals surface area contributed by atoms with Gasteiger partial charge in [-0.15, -0.1) is 11.8 Å². The van der Waals surface area contributed by atoms with Gasteiger partial charge >= 0.3 is 6.61 Å². The van der Waals surface area contributed by atoms with Crippen molar-refractivity contribution >= 4 is 29.1 Å². The molecule has 2 N–H and O–H groups in total. The molecule has 0 aliphatic rings. The Morgan fingerprint density at radius 2 is 1.95 bits per heavy atom. The Balaban J connectivity index is 2.10. The number of rotatable bonds is 5. The lowest BCUT2D eigenvalue weighted by atomic mass is 10.2. The molecule has 0 unspecified atom stereocenters. The van der Waals surface area contributed by atoms with Crippen molar-refractivity contribution in [1.29, 1.82) is 0 Å². The normalized spacial score (nSPS) is 10.8. The maximum atomic E-state index is 12.3. The van der Waals surface area contributed by atoms with Gasteiger partial charge < -0.3 is 10.5 Å². The highest BCUT2D eigenvalue weighted by Crippen LogP contribution is 2.33. The monoisotopic (exact) mass is 315 g/mol. The third-order valence-electron chi connectivity index (χ3n) is 2.54. The van der Waals surface area contributed by atoms with Crippen LogP contribution < -0.4 is 10.5 Å². The van der Waals surface area contributed by atoms with E-state index in [-0.39, 0.29) is 5.75 Å². The molecule has 20 heavy (non-hydrogen) atoms. The Hall–Kier alpha value is -1.46. The van der Waals surface area contributed by atoms with Gasteiger partial charge in [0.05, 0.1) is 0 Å². The van der Waals surface area contributed by atoms with Crippen LogP contribution in [0.1, 0.15) is 5.56 Å². The van der Waals surface area contributed by atoms with Gasteiger partial charge in [0.1, 0.15) is 5.75 Å². The number of nitrogen functional groups attached to an aromatic ring is 1. The van der Waals surface area contributed by atoms with Gasteiger partial charge in [-0.3, -0.25) is 0 Å². The molecule has 0 saturated carbocycles. The van der Waals surface area contributed by atoms with Gasteiger partial charge in [-0.05, 0) is 24.3 Å². The molecule has 0 bridgehead atoms. The van der Waals surface area contributed by atoms with E-state index in [1.54, 1.807) is 36.4 Å². The van der Waals surface area contributed by atoms with E-state index >= 15 is 0 Å². The second kappa shape index (κ2) is 6.81. The minimum Gasteiger partial charge on any atom is -0.435 e. The van der Waals surface area contributed by atoms with Gasteiger partial charge in [-0.1, -0.05) is 29.8 Å². The highest BCUT2D eigenvalue weighted by Gasteiger charge is 2.10. The van der Waals surface area contributed by atoms with Crippen molar-refractivity contribution in [3.05, 3.63) is 53.1 Å². The van der Waals surface area contributed by atoms with E-state index in [9.17, 15) is 8.78 Å². The van der Waals surface area contributed by atoms with Gasteiger partial charge in [0.25, 0.3) is 0 Å². The standard InChI is InChI=1S/C14H12ClF2NOS/c15-10-5-6-13(11(18)7-10)20-8-9-3-1-2-4-12(9)19-14(16)17/h1-7,14H,8,18H2. The average molecular weight is 316 g/mol. The van der Waals surface area contributed by atoms with Crippen molar-refractivity contribution in [2.75, 3.05) is 5.73 Å². The molecule has 2 aromatic rings. The van der Waals surface area contributed by atoms with Gasteiger partial charge in [-0.25, -0.2) is 0 Å². The van der Waals surface area contributed by atoms with Crippen LogP contribution in [0.2, 0.25) is 5.02 Å². The van der Waals surface area contributed by atoms with Crippen LogP contribution in [-0.2, 0) is 5.75 Å². The first-order valence-electron chi connectivity index (χ1n) is 5.77. The van der Waals surface area contributed by atoms with Gasteiger partial charge in [-0.2, -0.15) is 8.78 Å². The number of thioether (sulfide) groups is 1. The molecule has 0 fully saturated rings. The van der Waals surface area contributed by atoms with Gasteiger partial charge in [0.2, 0.25) is 0 Å². The highest BCUT2D eigenvalue weighted by atomic mass is 35.5. The fraction of sp³-hybridized carbons (Fsp3) is 0.143. The first kappa shape index (κ1) is 14.9. The van der Waals surface area contributed by atoms with Gasteiger partial charge in [0.15, 0.2) is 0 Å². The smallest absolute Gasteiger partial charge is 0.387 e. The third-order valence-corrected chi connectivity index (χ3v) is 3.92. The van der Waals surface area contributed by atoms with Gasteiger partial charge in [0, 0.05) is 26.9 Å². The lowest BCUT2D eigenvalue weighted by Crippen LogP contribution is -2.03. The van der Waals surface area contributed by atoms with Crippen LogP contribution in [0, 0.1) is 0 Å². The SMILES string of the molecule is Nc1cc(Cl)ccc1SCc1ccccc1OC(F)F. The zero-order valence-corrected chi connectivity index (χ0v) is 11.9. The molecule has 2 rings (SSSR count). The number of nitrogens with two attached hydrogens (primary N) is 1. The Labute approximate surface area is 124 Å². The molecule has 0 aromatic heterocycles. The quantitative estimate of drug-likeness (QED) is 0.635. The fourth-order valence-electron chi connectivity index (χ4n) is 1.64. The zero-order valence-electron chi connectivity index (χ0n) is 10.4. The molecule has 0 amide bonds. The Kier molecular flexibility index (Phi) is 5.09. The van der Waals surface area contributed by atoms with Crippen LogP contribution >= 0.6 is 23.4 Å². The van der Waals surface area contributed by atoms with Crippen molar-refractivity contribution in [1.82, 2.24) is 0 Å². The first-order valence-corrected chi connectivity index (χ1v) is 7.13. The lowest BCUT2D eigenvalue weighted by molar-refractivity contribution is -0.0503. The summed E-state index contributed by atoms with van der Waals surface area (Å²) in [5.74, 6) is 0.664. The molecule has 0 saturated heterocycles. The van der Waals surface area contributed by atoms with Crippen molar-refractivity contribution in [3.8, 4) is 5.75 Å². The molecule has 6 heteroatoms. The second-order valence-electron chi connectivity index (χ2n) is 3.96. The zero-order chi connectivity index (χ0) is 14.5. The molecular weight excluding hydrogens is 304 g/mol. The number of ether oxygens (including phenoxy) is 1. The molecule has 2 nitrogen and oxygen atoms in total. The summed E-state index contributed by atoms with van der Waals surface area (Å²) in [4.78, 5) is 0.848. The second-order valence-corrected chi connectivity index (χ2v) is 5.41. The van der Waals surface area contributed by atoms with Crippen LogP contribution in [0.25, 0.3) is 0 Å². The van der Waals surface area contributed by atoms with Crippen molar-refractivity contribution in [3.63, 3.8) is 0 Å². The van der Waals surface area contributed by atoms with Crippen LogP contribution in [0.4, 0.5) is 14.5 Å². The predicted octanol–water partition coefficient (Wildman–Crippen LogP) is 4.82. The summed E-state index contributed by atoms with van der Waals surface area (Å²) in [5, 5.41) is 0.563. The Morgan fingerprint density at radius 1 is 1.20 bits per heavy atom. The Morgan fingerprint density at radius 3 is 2.65 bits per heavy atom. The summed E-state index contributed by atoms with van der Waals surface area (Å²) in [6, 6.07) is 11.9. The number of alkyl halides is 2. The molecular formula is C14H12ClF2NOS. The molecule has 0 aliphatic carbocycles. The number of benzene rings is 2. The van der Waals surface area contributed by atoms with E-state index < -0.39 is 6.61 Å². The number of halogens is 3. The summed E-state index contributed by atoms with van der Waals surface area (Å²) < 4.78 is 29.1.